The Balaban J connectivity index is 2.67. The quantitative estimate of drug-likeness (QED) is 0.625. The van der Waals surface area contributed by atoms with E-state index in [1.807, 2.05) is 0 Å². The summed E-state index contributed by atoms with van der Waals surface area (Å²) in [6.45, 7) is 3.32. The van der Waals surface area contributed by atoms with Gasteiger partial charge >= 0.3 is 0 Å². The lowest BCUT2D eigenvalue weighted by Crippen LogP contribution is -1.90. The van der Waals surface area contributed by atoms with Crippen molar-refractivity contribution in [3.05, 3.63) is 29.7 Å². The monoisotopic (exact) mass is 175 g/mol. The number of Topliss-reactive ketones (excluding diaryl/α,β-unsaturated/α-hetero) is 1. The average Bonchev–Trinajstić information content (AvgIpc) is 2.42. The number of carbonyl (C=O) groups is 1. The molecule has 0 unspecified atom stereocenters. The molecule has 0 spiro atoms. The van der Waals surface area contributed by atoms with Crippen molar-refractivity contribution < 1.29 is 9.21 Å². The van der Waals surface area contributed by atoms with E-state index in [0.717, 1.165) is 11.1 Å². The van der Waals surface area contributed by atoms with Crippen LogP contribution in [0.1, 0.15) is 23.2 Å². The minimum atomic E-state index is 0.0440. The predicted octanol–water partition coefficient (Wildman–Crippen LogP) is 2.34. The van der Waals surface area contributed by atoms with Crippen LogP contribution in [0.5, 0.6) is 0 Å². The summed E-state index contributed by atoms with van der Waals surface area (Å²) in [5, 5.41) is 0. The first-order valence-electron chi connectivity index (χ1n) is 4.05. The SMILES string of the molecule is CC(=O)c1ccc2oc(C)nc2c1. The Bertz CT molecular complexity index is 471. The molecular weight excluding hydrogens is 166 g/mol. The normalized spacial score (nSPS) is 10.6. The van der Waals surface area contributed by atoms with Gasteiger partial charge in [-0.15, -0.1) is 0 Å². The number of aromatic nitrogens is 1. The van der Waals surface area contributed by atoms with Gasteiger partial charge in [-0.2, -0.15) is 0 Å². The highest BCUT2D eigenvalue weighted by Gasteiger charge is 2.04. The second-order valence-corrected chi connectivity index (χ2v) is 2.97. The maximum atomic E-state index is 11.0. The zero-order valence-electron chi connectivity index (χ0n) is 7.50. The fourth-order valence-electron chi connectivity index (χ4n) is 1.26. The van der Waals surface area contributed by atoms with Gasteiger partial charge in [0.1, 0.15) is 5.52 Å². The number of carbonyl (C=O) groups excluding carboxylic acids is 1. The van der Waals surface area contributed by atoms with Crippen molar-refractivity contribution >= 4 is 16.9 Å². The smallest absolute Gasteiger partial charge is 0.192 e. The van der Waals surface area contributed by atoms with Crippen LogP contribution in [-0.2, 0) is 0 Å². The number of ketones is 1. The predicted molar refractivity (Wildman–Crippen MR) is 48.8 cm³/mol. The molecule has 1 heterocycles. The van der Waals surface area contributed by atoms with E-state index in [1.165, 1.54) is 6.92 Å². The molecule has 0 radical (unpaired) electrons. The van der Waals surface area contributed by atoms with Crippen LogP contribution in [0.25, 0.3) is 11.1 Å². The molecule has 13 heavy (non-hydrogen) atoms. The van der Waals surface area contributed by atoms with Gasteiger partial charge in [0.15, 0.2) is 17.3 Å². The third kappa shape index (κ3) is 1.33. The van der Waals surface area contributed by atoms with Crippen molar-refractivity contribution in [1.29, 1.82) is 0 Å². The molecule has 2 rings (SSSR count). The molecule has 1 aromatic carbocycles. The van der Waals surface area contributed by atoms with Crippen LogP contribution < -0.4 is 0 Å². The van der Waals surface area contributed by atoms with Crippen molar-refractivity contribution in [3.8, 4) is 0 Å². The van der Waals surface area contributed by atoms with Gasteiger partial charge in [0.05, 0.1) is 0 Å². The summed E-state index contributed by atoms with van der Waals surface area (Å²) in [5.41, 5.74) is 2.13. The number of nitrogens with zero attached hydrogens (tertiary/aromatic N) is 1. The van der Waals surface area contributed by atoms with Crippen molar-refractivity contribution in [2.45, 2.75) is 13.8 Å². The van der Waals surface area contributed by atoms with Crippen LogP contribution in [0.3, 0.4) is 0 Å². The summed E-state index contributed by atoms with van der Waals surface area (Å²) in [5.74, 6) is 0.665. The number of aryl methyl sites for hydroxylation is 1. The van der Waals surface area contributed by atoms with Gasteiger partial charge in [-0.1, -0.05) is 0 Å². The number of benzene rings is 1. The standard InChI is InChI=1S/C10H9NO2/c1-6(12)8-3-4-10-9(5-8)11-7(2)13-10/h3-5H,1-2H3. The molecule has 0 amide bonds. The molecule has 0 saturated carbocycles. The fourth-order valence-corrected chi connectivity index (χ4v) is 1.26. The van der Waals surface area contributed by atoms with E-state index in [-0.39, 0.29) is 5.78 Å². The molecule has 1 aromatic heterocycles. The molecule has 66 valence electrons. The van der Waals surface area contributed by atoms with Crippen LogP contribution in [0.2, 0.25) is 0 Å². The Hall–Kier alpha value is -1.64. The van der Waals surface area contributed by atoms with Crippen molar-refractivity contribution in [1.82, 2.24) is 4.98 Å². The number of rotatable bonds is 1. The summed E-state index contributed by atoms with van der Waals surface area (Å²) >= 11 is 0. The number of oxazole rings is 1. The third-order valence-electron chi connectivity index (χ3n) is 1.90. The zero-order chi connectivity index (χ0) is 9.42. The van der Waals surface area contributed by atoms with Gasteiger partial charge in [0.2, 0.25) is 0 Å². The van der Waals surface area contributed by atoms with E-state index < -0.39 is 0 Å². The molecule has 0 N–H and O–H groups in total. The number of hydrogen-bond acceptors (Lipinski definition) is 3. The van der Waals surface area contributed by atoms with Crippen LogP contribution in [0.15, 0.2) is 22.6 Å². The molecule has 3 heteroatoms. The Morgan fingerprint density at radius 3 is 2.92 bits per heavy atom. The van der Waals surface area contributed by atoms with E-state index in [0.29, 0.717) is 11.5 Å². The van der Waals surface area contributed by atoms with Gasteiger partial charge in [0, 0.05) is 12.5 Å². The Labute approximate surface area is 75.4 Å². The van der Waals surface area contributed by atoms with E-state index >= 15 is 0 Å². The first-order valence-corrected chi connectivity index (χ1v) is 4.05. The van der Waals surface area contributed by atoms with Crippen molar-refractivity contribution in [2.75, 3.05) is 0 Å². The lowest BCUT2D eigenvalue weighted by atomic mass is 10.1. The molecular formula is C10H9NO2. The lowest BCUT2D eigenvalue weighted by Gasteiger charge is -1.92. The maximum absolute atomic E-state index is 11.0. The van der Waals surface area contributed by atoms with Crippen LogP contribution in [0, 0.1) is 6.92 Å². The molecule has 0 aliphatic carbocycles. The second kappa shape index (κ2) is 2.69. The molecule has 2 aromatic rings. The molecule has 0 fully saturated rings. The van der Waals surface area contributed by atoms with Crippen LogP contribution in [-0.4, -0.2) is 10.8 Å². The minimum Gasteiger partial charge on any atom is -0.441 e. The maximum Gasteiger partial charge on any atom is 0.192 e. The molecule has 0 saturated heterocycles. The average molecular weight is 175 g/mol. The minimum absolute atomic E-state index is 0.0440. The summed E-state index contributed by atoms with van der Waals surface area (Å²) in [6, 6.07) is 5.26. The van der Waals surface area contributed by atoms with Gasteiger partial charge in [-0.25, -0.2) is 4.98 Å². The van der Waals surface area contributed by atoms with Gasteiger partial charge in [-0.05, 0) is 25.1 Å². The number of fused-ring (bicyclic) bond motifs is 1. The Kier molecular flexibility index (Phi) is 1.65. The summed E-state index contributed by atoms with van der Waals surface area (Å²) in [7, 11) is 0. The van der Waals surface area contributed by atoms with Gasteiger partial charge < -0.3 is 4.42 Å². The topological polar surface area (TPSA) is 43.1 Å². The highest BCUT2D eigenvalue weighted by molar-refractivity contribution is 5.96. The van der Waals surface area contributed by atoms with Crippen molar-refractivity contribution in [2.24, 2.45) is 0 Å². The van der Waals surface area contributed by atoms with E-state index in [4.69, 9.17) is 4.42 Å². The first kappa shape index (κ1) is 7.98. The molecule has 0 bridgehead atoms. The van der Waals surface area contributed by atoms with Crippen LogP contribution >= 0.6 is 0 Å². The Morgan fingerprint density at radius 1 is 1.46 bits per heavy atom. The zero-order valence-corrected chi connectivity index (χ0v) is 7.50. The number of hydrogen-bond donors (Lipinski definition) is 0. The van der Waals surface area contributed by atoms with Crippen LogP contribution in [0.4, 0.5) is 0 Å². The van der Waals surface area contributed by atoms with E-state index in [1.54, 1.807) is 25.1 Å². The van der Waals surface area contributed by atoms with E-state index in [2.05, 4.69) is 4.98 Å². The molecule has 3 nitrogen and oxygen atoms in total. The molecule has 0 aliphatic heterocycles. The first-order chi connectivity index (χ1) is 6.16. The third-order valence-corrected chi connectivity index (χ3v) is 1.90. The second-order valence-electron chi connectivity index (χ2n) is 2.97. The largest absolute Gasteiger partial charge is 0.441 e. The fraction of sp³-hybridized carbons (Fsp3) is 0.200. The summed E-state index contributed by atoms with van der Waals surface area (Å²) in [4.78, 5) is 15.2. The van der Waals surface area contributed by atoms with E-state index in [9.17, 15) is 4.79 Å². The highest BCUT2D eigenvalue weighted by atomic mass is 16.3. The van der Waals surface area contributed by atoms with Gasteiger partial charge in [-0.3, -0.25) is 4.79 Å². The molecule has 0 aliphatic rings. The molecule has 0 atom stereocenters. The lowest BCUT2D eigenvalue weighted by molar-refractivity contribution is 0.101. The summed E-state index contributed by atoms with van der Waals surface area (Å²) in [6.07, 6.45) is 0. The Morgan fingerprint density at radius 2 is 2.23 bits per heavy atom. The highest BCUT2D eigenvalue weighted by Crippen LogP contribution is 2.16. The van der Waals surface area contributed by atoms with Gasteiger partial charge in [0.25, 0.3) is 0 Å². The van der Waals surface area contributed by atoms with Crippen molar-refractivity contribution in [3.63, 3.8) is 0 Å². The summed E-state index contributed by atoms with van der Waals surface area (Å²) < 4.78 is 5.28.